The Morgan fingerprint density at radius 3 is 2.82 bits per heavy atom. The number of carbonyl (C=O) groups excluding carboxylic acids is 1. The average Bonchev–Trinajstić information content (AvgIpc) is 2.33. The van der Waals surface area contributed by atoms with Gasteiger partial charge in [0.2, 0.25) is 0 Å². The largest absolute Gasteiger partial charge is 0.469 e. The van der Waals surface area contributed by atoms with Gasteiger partial charge < -0.3 is 10.5 Å². The van der Waals surface area contributed by atoms with Gasteiger partial charge in [0, 0.05) is 6.04 Å². The normalized spacial score (nSPS) is 23.1. The van der Waals surface area contributed by atoms with E-state index >= 15 is 0 Å². The van der Waals surface area contributed by atoms with Gasteiger partial charge in [-0.05, 0) is 30.0 Å². The highest BCUT2D eigenvalue weighted by atomic mass is 35.5. The molecule has 1 aromatic rings. The second-order valence-electron chi connectivity index (χ2n) is 4.20. The molecule has 1 aromatic carbocycles. The van der Waals surface area contributed by atoms with Gasteiger partial charge in [0.05, 0.1) is 23.1 Å². The number of fused-ring (bicyclic) bond motifs is 1. The summed E-state index contributed by atoms with van der Waals surface area (Å²) in [5.41, 5.74) is 7.88. The van der Waals surface area contributed by atoms with E-state index in [0.717, 1.165) is 11.1 Å². The van der Waals surface area contributed by atoms with Crippen molar-refractivity contribution >= 4 is 29.2 Å². The fourth-order valence-corrected chi connectivity index (χ4v) is 2.70. The number of ether oxygens (including phenoxy) is 1. The molecule has 1 aliphatic rings. The van der Waals surface area contributed by atoms with Gasteiger partial charge in [0.1, 0.15) is 0 Å². The predicted octanol–water partition coefficient (Wildman–Crippen LogP) is 2.73. The maximum Gasteiger partial charge on any atom is 0.309 e. The van der Waals surface area contributed by atoms with Crippen molar-refractivity contribution in [2.45, 2.75) is 18.9 Å². The first-order chi connectivity index (χ1) is 8.04. The second-order valence-corrected chi connectivity index (χ2v) is 4.98. The van der Waals surface area contributed by atoms with Crippen LogP contribution in [0, 0.1) is 5.92 Å². The highest BCUT2D eigenvalue weighted by Crippen LogP contribution is 2.39. The Morgan fingerprint density at radius 1 is 1.47 bits per heavy atom. The van der Waals surface area contributed by atoms with Gasteiger partial charge in [-0.2, -0.15) is 0 Å². The zero-order chi connectivity index (χ0) is 12.6. The molecule has 0 unspecified atom stereocenters. The van der Waals surface area contributed by atoms with Crippen molar-refractivity contribution in [2.24, 2.45) is 11.7 Å². The fraction of sp³-hybridized carbons (Fsp3) is 0.417. The number of carbonyl (C=O) groups is 1. The van der Waals surface area contributed by atoms with Crippen molar-refractivity contribution in [1.82, 2.24) is 0 Å². The quantitative estimate of drug-likeness (QED) is 0.801. The molecule has 0 bridgehead atoms. The molecule has 0 saturated heterocycles. The fourth-order valence-electron chi connectivity index (χ4n) is 2.27. The molecule has 92 valence electrons. The Kier molecular flexibility index (Phi) is 3.61. The molecule has 17 heavy (non-hydrogen) atoms. The second kappa shape index (κ2) is 4.84. The highest BCUT2D eigenvalue weighted by molar-refractivity contribution is 6.42. The van der Waals surface area contributed by atoms with E-state index in [1.807, 2.05) is 6.07 Å². The molecular weight excluding hydrogens is 261 g/mol. The Balaban J connectivity index is 2.40. The lowest BCUT2D eigenvalue weighted by atomic mass is 9.81. The summed E-state index contributed by atoms with van der Waals surface area (Å²) in [6.45, 7) is 0. The van der Waals surface area contributed by atoms with E-state index in [0.29, 0.717) is 22.9 Å². The Bertz CT molecular complexity index is 462. The van der Waals surface area contributed by atoms with Crippen LogP contribution < -0.4 is 5.73 Å². The summed E-state index contributed by atoms with van der Waals surface area (Å²) in [5, 5.41) is 0.983. The molecule has 0 aliphatic heterocycles. The molecule has 0 spiro atoms. The van der Waals surface area contributed by atoms with Crippen LogP contribution in [0.25, 0.3) is 0 Å². The molecule has 0 amide bonds. The van der Waals surface area contributed by atoms with Crippen LogP contribution in [0.3, 0.4) is 0 Å². The zero-order valence-electron chi connectivity index (χ0n) is 9.37. The van der Waals surface area contributed by atoms with E-state index in [2.05, 4.69) is 0 Å². The van der Waals surface area contributed by atoms with E-state index in [4.69, 9.17) is 33.7 Å². The third-order valence-electron chi connectivity index (χ3n) is 3.16. The van der Waals surface area contributed by atoms with Crippen molar-refractivity contribution in [3.05, 3.63) is 33.3 Å². The predicted molar refractivity (Wildman–Crippen MR) is 67.2 cm³/mol. The summed E-state index contributed by atoms with van der Waals surface area (Å²) in [7, 11) is 1.38. The van der Waals surface area contributed by atoms with Crippen LogP contribution in [-0.2, 0) is 16.0 Å². The first-order valence-electron chi connectivity index (χ1n) is 5.34. The molecule has 2 rings (SSSR count). The minimum absolute atomic E-state index is 0.197. The molecule has 0 saturated carbocycles. The molecule has 0 aromatic heterocycles. The lowest BCUT2D eigenvalue weighted by Crippen LogP contribution is -2.30. The maximum absolute atomic E-state index is 11.6. The third kappa shape index (κ3) is 2.28. The van der Waals surface area contributed by atoms with Crippen molar-refractivity contribution < 1.29 is 9.53 Å². The molecule has 2 N–H and O–H groups in total. The number of methoxy groups -OCH3 is 1. The van der Waals surface area contributed by atoms with Gasteiger partial charge in [-0.1, -0.05) is 29.3 Å². The van der Waals surface area contributed by atoms with E-state index in [1.54, 1.807) is 6.07 Å². The van der Waals surface area contributed by atoms with Crippen molar-refractivity contribution in [3.63, 3.8) is 0 Å². The van der Waals surface area contributed by atoms with Crippen molar-refractivity contribution in [3.8, 4) is 0 Å². The molecule has 1 aliphatic carbocycles. The van der Waals surface area contributed by atoms with Crippen LogP contribution in [-0.4, -0.2) is 13.1 Å². The third-order valence-corrected chi connectivity index (χ3v) is 4.00. The zero-order valence-corrected chi connectivity index (χ0v) is 10.9. The monoisotopic (exact) mass is 273 g/mol. The van der Waals surface area contributed by atoms with E-state index < -0.39 is 0 Å². The maximum atomic E-state index is 11.6. The van der Waals surface area contributed by atoms with Gasteiger partial charge in [0.25, 0.3) is 0 Å². The van der Waals surface area contributed by atoms with Gasteiger partial charge in [-0.3, -0.25) is 4.79 Å². The first kappa shape index (κ1) is 12.7. The number of hydrogen-bond acceptors (Lipinski definition) is 3. The van der Waals surface area contributed by atoms with Crippen LogP contribution in [0.5, 0.6) is 0 Å². The summed E-state index contributed by atoms with van der Waals surface area (Å²) in [6, 6.07) is 3.42. The van der Waals surface area contributed by atoms with Gasteiger partial charge >= 0.3 is 5.97 Å². The van der Waals surface area contributed by atoms with Crippen molar-refractivity contribution in [2.75, 3.05) is 7.11 Å². The van der Waals surface area contributed by atoms with Gasteiger partial charge in [-0.15, -0.1) is 0 Å². The van der Waals surface area contributed by atoms with Gasteiger partial charge in [0.15, 0.2) is 0 Å². The summed E-state index contributed by atoms with van der Waals surface area (Å²) < 4.78 is 4.75. The molecule has 2 atom stereocenters. The number of hydrogen-bond donors (Lipinski definition) is 1. The number of esters is 1. The molecule has 0 fully saturated rings. The standard InChI is InChI=1S/C12H13Cl2NO2/c1-17-12(16)6-4-8-7(10(15)5-6)2-3-9(13)11(8)14/h2-3,6,10H,4-5,15H2,1H3/t6-,10+/m0/s1. The number of nitrogens with two attached hydrogens (primary N) is 1. The van der Waals surface area contributed by atoms with Crippen molar-refractivity contribution in [1.29, 1.82) is 0 Å². The van der Waals surface area contributed by atoms with Crippen LogP contribution in [0.1, 0.15) is 23.6 Å². The molecule has 0 radical (unpaired) electrons. The molecule has 3 nitrogen and oxygen atoms in total. The Morgan fingerprint density at radius 2 is 2.18 bits per heavy atom. The van der Waals surface area contributed by atoms with Gasteiger partial charge in [-0.25, -0.2) is 0 Å². The highest BCUT2D eigenvalue weighted by Gasteiger charge is 2.31. The van der Waals surface area contributed by atoms with Crippen LogP contribution in [0.4, 0.5) is 0 Å². The molecule has 0 heterocycles. The minimum atomic E-state index is -0.248. The minimum Gasteiger partial charge on any atom is -0.469 e. The summed E-state index contributed by atoms with van der Waals surface area (Å²) in [6.07, 6.45) is 1.12. The van der Waals surface area contributed by atoms with E-state index in [-0.39, 0.29) is 17.9 Å². The number of benzene rings is 1. The average molecular weight is 274 g/mol. The number of halogens is 2. The van der Waals surface area contributed by atoms with Crippen LogP contribution >= 0.6 is 23.2 Å². The molecular formula is C12H13Cl2NO2. The summed E-state index contributed by atoms with van der Waals surface area (Å²) >= 11 is 12.1. The van der Waals surface area contributed by atoms with E-state index in [9.17, 15) is 4.79 Å². The summed E-state index contributed by atoms with van der Waals surface area (Å²) in [5.74, 6) is -0.486. The number of rotatable bonds is 1. The topological polar surface area (TPSA) is 52.3 Å². The van der Waals surface area contributed by atoms with Crippen LogP contribution in [0.15, 0.2) is 12.1 Å². The lowest BCUT2D eigenvalue weighted by molar-refractivity contribution is -0.146. The molecule has 5 heteroatoms. The lowest BCUT2D eigenvalue weighted by Gasteiger charge is -2.28. The van der Waals surface area contributed by atoms with E-state index in [1.165, 1.54) is 7.11 Å². The van der Waals surface area contributed by atoms with Crippen LogP contribution in [0.2, 0.25) is 10.0 Å². The SMILES string of the molecule is COC(=O)[C@H]1Cc2c(ccc(Cl)c2Cl)[C@H](N)C1. The smallest absolute Gasteiger partial charge is 0.309 e. The first-order valence-corrected chi connectivity index (χ1v) is 6.10. The summed E-state index contributed by atoms with van der Waals surface area (Å²) in [4.78, 5) is 11.6. The Hall–Kier alpha value is -0.770. The Labute approximate surface area is 110 Å².